The number of hydrogen-bond acceptors (Lipinski definition) is 3. The molecule has 2 aromatic rings. The van der Waals surface area contributed by atoms with Crippen LogP contribution in [0.3, 0.4) is 0 Å². The van der Waals surface area contributed by atoms with Gasteiger partial charge in [0.1, 0.15) is 11.0 Å². The van der Waals surface area contributed by atoms with Gasteiger partial charge in [-0.1, -0.05) is 19.9 Å². The highest BCUT2D eigenvalue weighted by molar-refractivity contribution is 5.73. The molecule has 0 amide bonds. The fourth-order valence-electron chi connectivity index (χ4n) is 1.36. The van der Waals surface area contributed by atoms with E-state index >= 15 is 0 Å². The summed E-state index contributed by atoms with van der Waals surface area (Å²) < 4.78 is 4.61. The normalized spacial score (nSPS) is 11.3. The Balaban J connectivity index is 2.37. The standard InChI is InChI=1S/C10H11N2O/c1-7(2)5-8-3-4-9-10(6-8)12-13-11-9/h3-4,6-7H,1,5H2,2H3. The molecule has 0 spiro atoms. The van der Waals surface area contributed by atoms with Crippen molar-refractivity contribution in [1.29, 1.82) is 0 Å². The minimum Gasteiger partial charge on any atom is -0.243 e. The van der Waals surface area contributed by atoms with Crippen LogP contribution >= 0.6 is 0 Å². The van der Waals surface area contributed by atoms with Crippen molar-refractivity contribution < 1.29 is 4.63 Å². The minimum atomic E-state index is 0.414. The van der Waals surface area contributed by atoms with Gasteiger partial charge < -0.3 is 0 Å². The van der Waals surface area contributed by atoms with Gasteiger partial charge in [-0.2, -0.15) is 0 Å². The van der Waals surface area contributed by atoms with E-state index in [0.29, 0.717) is 5.92 Å². The topological polar surface area (TPSA) is 38.9 Å². The van der Waals surface area contributed by atoms with Crippen LogP contribution in [0.5, 0.6) is 0 Å². The second-order valence-corrected chi connectivity index (χ2v) is 3.40. The molecule has 2 rings (SSSR count). The van der Waals surface area contributed by atoms with Crippen LogP contribution in [0.4, 0.5) is 0 Å². The maximum atomic E-state index is 4.61. The zero-order valence-corrected chi connectivity index (χ0v) is 7.53. The molecule has 1 heterocycles. The van der Waals surface area contributed by atoms with Gasteiger partial charge in [-0.3, -0.25) is 0 Å². The van der Waals surface area contributed by atoms with E-state index in [9.17, 15) is 0 Å². The van der Waals surface area contributed by atoms with E-state index in [1.54, 1.807) is 0 Å². The smallest absolute Gasteiger partial charge is 0.135 e. The van der Waals surface area contributed by atoms with Crippen molar-refractivity contribution in [3.8, 4) is 0 Å². The van der Waals surface area contributed by atoms with Gasteiger partial charge in [0.05, 0.1) is 0 Å². The van der Waals surface area contributed by atoms with E-state index < -0.39 is 0 Å². The number of rotatable bonds is 2. The van der Waals surface area contributed by atoms with Crippen molar-refractivity contribution in [1.82, 2.24) is 10.3 Å². The molecule has 67 valence electrons. The van der Waals surface area contributed by atoms with Gasteiger partial charge in [-0.05, 0) is 40.3 Å². The Morgan fingerprint density at radius 1 is 1.38 bits per heavy atom. The van der Waals surface area contributed by atoms with Crippen molar-refractivity contribution >= 4 is 11.0 Å². The molecule has 1 aromatic carbocycles. The monoisotopic (exact) mass is 175 g/mol. The number of fused-ring (bicyclic) bond motifs is 1. The quantitative estimate of drug-likeness (QED) is 0.702. The first-order valence-corrected chi connectivity index (χ1v) is 4.30. The Bertz CT molecular complexity index is 406. The van der Waals surface area contributed by atoms with Gasteiger partial charge in [0, 0.05) is 0 Å². The third kappa shape index (κ3) is 1.69. The van der Waals surface area contributed by atoms with Crippen LogP contribution in [0.1, 0.15) is 12.5 Å². The average molecular weight is 175 g/mol. The van der Waals surface area contributed by atoms with Crippen LogP contribution in [-0.2, 0) is 6.42 Å². The Hall–Kier alpha value is -1.38. The fraction of sp³-hybridized carbons (Fsp3) is 0.300. The summed E-state index contributed by atoms with van der Waals surface area (Å²) in [4.78, 5) is 0. The van der Waals surface area contributed by atoms with Crippen molar-refractivity contribution in [2.75, 3.05) is 0 Å². The lowest BCUT2D eigenvalue weighted by Crippen LogP contribution is -1.93. The van der Waals surface area contributed by atoms with Crippen molar-refractivity contribution in [3.05, 3.63) is 30.7 Å². The Morgan fingerprint density at radius 3 is 2.92 bits per heavy atom. The van der Waals surface area contributed by atoms with Crippen LogP contribution in [0.15, 0.2) is 22.8 Å². The lowest BCUT2D eigenvalue weighted by molar-refractivity contribution is 0.315. The van der Waals surface area contributed by atoms with E-state index in [2.05, 4.69) is 28.8 Å². The van der Waals surface area contributed by atoms with E-state index in [0.717, 1.165) is 17.5 Å². The second-order valence-electron chi connectivity index (χ2n) is 3.40. The lowest BCUT2D eigenvalue weighted by atomic mass is 10.0. The molecule has 0 saturated carbocycles. The SMILES string of the molecule is [CH2]C(C)Cc1ccc2nonc2c1. The van der Waals surface area contributed by atoms with E-state index in [1.165, 1.54) is 5.56 Å². The van der Waals surface area contributed by atoms with Gasteiger partial charge >= 0.3 is 0 Å². The summed E-state index contributed by atoms with van der Waals surface area (Å²) in [5.74, 6) is 0.414. The number of hydrogen-bond donors (Lipinski definition) is 0. The van der Waals surface area contributed by atoms with Crippen molar-refractivity contribution in [2.45, 2.75) is 13.3 Å². The summed E-state index contributed by atoms with van der Waals surface area (Å²) in [5, 5.41) is 7.52. The highest BCUT2D eigenvalue weighted by Crippen LogP contribution is 2.14. The Labute approximate surface area is 76.7 Å². The average Bonchev–Trinajstić information content (AvgIpc) is 2.49. The highest BCUT2D eigenvalue weighted by atomic mass is 16.6. The molecular formula is C10H11N2O. The van der Waals surface area contributed by atoms with Gasteiger partial charge in [0.2, 0.25) is 0 Å². The summed E-state index contributed by atoms with van der Waals surface area (Å²) in [6.45, 7) is 6.03. The molecule has 0 bridgehead atoms. The fourth-order valence-corrected chi connectivity index (χ4v) is 1.36. The molecule has 1 unspecified atom stereocenters. The molecule has 0 aliphatic rings. The third-order valence-electron chi connectivity index (χ3n) is 1.90. The molecule has 0 fully saturated rings. The largest absolute Gasteiger partial charge is 0.243 e. The maximum absolute atomic E-state index is 4.61. The first kappa shape index (κ1) is 8.23. The molecule has 1 radical (unpaired) electrons. The molecule has 1 atom stereocenters. The number of aromatic nitrogens is 2. The zero-order chi connectivity index (χ0) is 9.26. The zero-order valence-electron chi connectivity index (χ0n) is 7.53. The molecule has 0 N–H and O–H groups in total. The van der Waals surface area contributed by atoms with Crippen LogP contribution in [0.25, 0.3) is 11.0 Å². The lowest BCUT2D eigenvalue weighted by Gasteiger charge is -2.02. The predicted molar refractivity (Wildman–Crippen MR) is 50.0 cm³/mol. The van der Waals surface area contributed by atoms with Gasteiger partial charge in [0.25, 0.3) is 0 Å². The van der Waals surface area contributed by atoms with Crippen LogP contribution in [0, 0.1) is 12.8 Å². The third-order valence-corrected chi connectivity index (χ3v) is 1.90. The summed E-state index contributed by atoms with van der Waals surface area (Å²) >= 11 is 0. The van der Waals surface area contributed by atoms with Gasteiger partial charge in [-0.15, -0.1) is 0 Å². The predicted octanol–water partition coefficient (Wildman–Crippen LogP) is 2.24. The van der Waals surface area contributed by atoms with Crippen molar-refractivity contribution in [2.24, 2.45) is 5.92 Å². The van der Waals surface area contributed by atoms with Crippen LogP contribution in [0.2, 0.25) is 0 Å². The van der Waals surface area contributed by atoms with Gasteiger partial charge in [0.15, 0.2) is 0 Å². The molecule has 0 saturated heterocycles. The van der Waals surface area contributed by atoms with Gasteiger partial charge in [-0.25, -0.2) is 4.63 Å². The van der Waals surface area contributed by atoms with Crippen molar-refractivity contribution in [3.63, 3.8) is 0 Å². The molecule has 3 nitrogen and oxygen atoms in total. The summed E-state index contributed by atoms with van der Waals surface area (Å²) in [5.41, 5.74) is 2.85. The first-order valence-electron chi connectivity index (χ1n) is 4.30. The Kier molecular flexibility index (Phi) is 2.00. The van der Waals surface area contributed by atoms with Crippen LogP contribution < -0.4 is 0 Å². The number of nitrogens with zero attached hydrogens (tertiary/aromatic N) is 2. The molecule has 1 aromatic heterocycles. The first-order chi connectivity index (χ1) is 6.25. The second kappa shape index (κ2) is 3.17. The van der Waals surface area contributed by atoms with Crippen LogP contribution in [-0.4, -0.2) is 10.3 Å². The number of benzene rings is 1. The van der Waals surface area contributed by atoms with E-state index in [-0.39, 0.29) is 0 Å². The summed E-state index contributed by atoms with van der Waals surface area (Å²) in [6, 6.07) is 5.95. The molecule has 3 heteroatoms. The van der Waals surface area contributed by atoms with E-state index in [4.69, 9.17) is 0 Å². The minimum absolute atomic E-state index is 0.414. The molecule has 13 heavy (non-hydrogen) atoms. The Morgan fingerprint density at radius 2 is 2.15 bits per heavy atom. The molecule has 0 aliphatic heterocycles. The summed E-state index contributed by atoms with van der Waals surface area (Å²) in [7, 11) is 0. The summed E-state index contributed by atoms with van der Waals surface area (Å²) in [6.07, 6.45) is 0.961. The highest BCUT2D eigenvalue weighted by Gasteiger charge is 2.02. The molecular weight excluding hydrogens is 164 g/mol. The van der Waals surface area contributed by atoms with E-state index in [1.807, 2.05) is 18.2 Å². The maximum Gasteiger partial charge on any atom is 0.135 e. The molecule has 0 aliphatic carbocycles.